The Morgan fingerprint density at radius 3 is 2.32 bits per heavy atom. The molecule has 2 unspecified atom stereocenters. The van der Waals surface area contributed by atoms with Crippen LogP contribution in [0.3, 0.4) is 0 Å². The normalized spacial score (nSPS) is 30.9. The van der Waals surface area contributed by atoms with Gasteiger partial charge in [-0.3, -0.25) is 0 Å². The zero-order valence-electron chi connectivity index (χ0n) is 12.7. The summed E-state index contributed by atoms with van der Waals surface area (Å²) in [4.78, 5) is 0.679. The smallest absolute Gasteiger partial charge is 0.0652 e. The molecule has 3 heteroatoms. The highest BCUT2D eigenvalue weighted by Crippen LogP contribution is 2.55. The highest BCUT2D eigenvalue weighted by atomic mass is 79.9. The summed E-state index contributed by atoms with van der Waals surface area (Å²) >= 11 is 3.89. The summed E-state index contributed by atoms with van der Waals surface area (Å²) in [7, 11) is 1.78. The van der Waals surface area contributed by atoms with Gasteiger partial charge >= 0.3 is 0 Å². The van der Waals surface area contributed by atoms with Gasteiger partial charge in [0, 0.05) is 24.0 Å². The summed E-state index contributed by atoms with van der Waals surface area (Å²) in [6, 6.07) is 0. The predicted octanol–water partition coefficient (Wildman–Crippen LogP) is 4.69. The van der Waals surface area contributed by atoms with Gasteiger partial charge in [-0.25, -0.2) is 0 Å². The Morgan fingerprint density at radius 1 is 1.16 bits per heavy atom. The van der Waals surface area contributed by atoms with Gasteiger partial charge in [-0.05, 0) is 39.5 Å². The van der Waals surface area contributed by atoms with Crippen LogP contribution in [0.2, 0.25) is 0 Å². The summed E-state index contributed by atoms with van der Waals surface area (Å²) in [5.74, 6) is 0. The van der Waals surface area contributed by atoms with Gasteiger partial charge in [-0.15, -0.1) is 0 Å². The molecule has 0 bridgehead atoms. The van der Waals surface area contributed by atoms with Crippen LogP contribution in [0.1, 0.15) is 65.2 Å². The van der Waals surface area contributed by atoms with E-state index in [0.29, 0.717) is 16.3 Å². The lowest BCUT2D eigenvalue weighted by molar-refractivity contribution is -0.123. The molecule has 0 aromatic heterocycles. The largest absolute Gasteiger partial charge is 0.379 e. The molecule has 2 aliphatic carbocycles. The second-order valence-electron chi connectivity index (χ2n) is 6.92. The molecular weight excluding hydrogens is 304 g/mol. The highest BCUT2D eigenvalue weighted by Gasteiger charge is 2.53. The minimum absolute atomic E-state index is 0.0613. The van der Waals surface area contributed by atoms with Gasteiger partial charge in [0.25, 0.3) is 0 Å². The fraction of sp³-hybridized carbons (Fsp3) is 1.00. The van der Waals surface area contributed by atoms with Crippen LogP contribution in [-0.4, -0.2) is 30.2 Å². The van der Waals surface area contributed by atoms with Crippen LogP contribution in [0, 0.1) is 5.41 Å². The standard InChI is InChI=1S/C16H29BrO2/c1-15(2,18-3)10-11-19-14-12-13(17)16(14)8-6-4-5-7-9-16/h13-14H,4-12H2,1-3H3. The quantitative estimate of drug-likeness (QED) is 0.679. The van der Waals surface area contributed by atoms with E-state index in [9.17, 15) is 0 Å². The molecule has 2 atom stereocenters. The van der Waals surface area contributed by atoms with Crippen molar-refractivity contribution in [1.29, 1.82) is 0 Å². The Labute approximate surface area is 126 Å². The average molecular weight is 333 g/mol. The fourth-order valence-electron chi connectivity index (χ4n) is 3.50. The third kappa shape index (κ3) is 3.54. The van der Waals surface area contributed by atoms with Crippen molar-refractivity contribution in [3.63, 3.8) is 0 Å². The van der Waals surface area contributed by atoms with E-state index in [1.165, 1.54) is 44.9 Å². The van der Waals surface area contributed by atoms with Gasteiger partial charge in [0.1, 0.15) is 0 Å². The molecule has 0 aromatic rings. The lowest BCUT2D eigenvalue weighted by atomic mass is 9.61. The second-order valence-corrected chi connectivity index (χ2v) is 8.03. The Morgan fingerprint density at radius 2 is 1.79 bits per heavy atom. The molecule has 0 radical (unpaired) electrons. The Bertz CT molecular complexity index is 282. The summed E-state index contributed by atoms with van der Waals surface area (Å²) < 4.78 is 11.7. The Hall–Kier alpha value is 0.400. The molecule has 2 rings (SSSR count). The van der Waals surface area contributed by atoms with E-state index in [2.05, 4.69) is 29.8 Å². The van der Waals surface area contributed by atoms with Crippen molar-refractivity contribution in [3.05, 3.63) is 0 Å². The summed E-state index contributed by atoms with van der Waals surface area (Å²) in [5.41, 5.74) is 0.377. The summed E-state index contributed by atoms with van der Waals surface area (Å²) in [6.45, 7) is 5.09. The van der Waals surface area contributed by atoms with Crippen molar-refractivity contribution >= 4 is 15.9 Å². The monoisotopic (exact) mass is 332 g/mol. The lowest BCUT2D eigenvalue weighted by Gasteiger charge is -2.53. The molecule has 0 amide bonds. The lowest BCUT2D eigenvalue weighted by Crippen LogP contribution is -2.55. The number of halogens is 1. The minimum atomic E-state index is -0.0613. The highest BCUT2D eigenvalue weighted by molar-refractivity contribution is 9.09. The second kappa shape index (κ2) is 6.44. The van der Waals surface area contributed by atoms with Gasteiger partial charge in [-0.1, -0.05) is 41.6 Å². The topological polar surface area (TPSA) is 18.5 Å². The number of alkyl halides is 1. The van der Waals surface area contributed by atoms with E-state index in [4.69, 9.17) is 9.47 Å². The number of rotatable bonds is 5. The molecule has 0 aliphatic heterocycles. The molecule has 2 aliphatic rings. The molecule has 2 nitrogen and oxygen atoms in total. The van der Waals surface area contributed by atoms with Gasteiger partial charge in [0.2, 0.25) is 0 Å². The van der Waals surface area contributed by atoms with Gasteiger partial charge < -0.3 is 9.47 Å². The molecule has 0 saturated heterocycles. The van der Waals surface area contributed by atoms with Crippen LogP contribution in [0.15, 0.2) is 0 Å². The first-order valence-electron chi connectivity index (χ1n) is 7.81. The van der Waals surface area contributed by atoms with E-state index < -0.39 is 0 Å². The molecule has 0 heterocycles. The summed E-state index contributed by atoms with van der Waals surface area (Å²) in [5, 5.41) is 0. The Balaban J connectivity index is 1.83. The van der Waals surface area contributed by atoms with E-state index in [1.54, 1.807) is 7.11 Å². The van der Waals surface area contributed by atoms with Crippen LogP contribution in [0.25, 0.3) is 0 Å². The maximum absolute atomic E-state index is 6.22. The van der Waals surface area contributed by atoms with Crippen LogP contribution < -0.4 is 0 Å². The van der Waals surface area contributed by atoms with E-state index in [1.807, 2.05) is 0 Å². The minimum Gasteiger partial charge on any atom is -0.379 e. The molecule has 0 aromatic carbocycles. The van der Waals surface area contributed by atoms with Crippen LogP contribution in [0.4, 0.5) is 0 Å². The first-order chi connectivity index (χ1) is 9.00. The number of hydrogen-bond acceptors (Lipinski definition) is 2. The SMILES string of the molecule is COC(C)(C)CCOC1CC(Br)C12CCCCCC2. The zero-order valence-corrected chi connectivity index (χ0v) is 14.3. The molecular formula is C16H29BrO2. The van der Waals surface area contributed by atoms with Gasteiger partial charge in [0.05, 0.1) is 11.7 Å². The van der Waals surface area contributed by atoms with Crippen molar-refractivity contribution in [2.45, 2.75) is 81.7 Å². The van der Waals surface area contributed by atoms with E-state index in [-0.39, 0.29) is 5.60 Å². The fourth-order valence-corrected chi connectivity index (χ4v) is 4.60. The van der Waals surface area contributed by atoms with Gasteiger partial charge in [-0.2, -0.15) is 0 Å². The first-order valence-corrected chi connectivity index (χ1v) is 8.73. The van der Waals surface area contributed by atoms with Crippen molar-refractivity contribution < 1.29 is 9.47 Å². The van der Waals surface area contributed by atoms with Crippen molar-refractivity contribution in [1.82, 2.24) is 0 Å². The number of ether oxygens (including phenoxy) is 2. The number of hydrogen-bond donors (Lipinski definition) is 0. The summed E-state index contributed by atoms with van der Waals surface area (Å²) in [6.07, 6.45) is 10.9. The molecule has 2 saturated carbocycles. The van der Waals surface area contributed by atoms with Crippen molar-refractivity contribution in [2.24, 2.45) is 5.41 Å². The number of methoxy groups -OCH3 is 1. The molecule has 0 N–H and O–H groups in total. The first kappa shape index (κ1) is 15.8. The maximum atomic E-state index is 6.22. The molecule has 1 spiro atoms. The van der Waals surface area contributed by atoms with Crippen LogP contribution in [-0.2, 0) is 9.47 Å². The molecule has 112 valence electrons. The van der Waals surface area contributed by atoms with Crippen LogP contribution >= 0.6 is 15.9 Å². The third-order valence-electron chi connectivity index (χ3n) is 5.30. The predicted molar refractivity (Wildman–Crippen MR) is 82.9 cm³/mol. The average Bonchev–Trinajstić information content (AvgIpc) is 2.65. The van der Waals surface area contributed by atoms with Crippen molar-refractivity contribution in [3.8, 4) is 0 Å². The Kier molecular flexibility index (Phi) is 5.35. The third-order valence-corrected chi connectivity index (χ3v) is 6.58. The van der Waals surface area contributed by atoms with Crippen molar-refractivity contribution in [2.75, 3.05) is 13.7 Å². The van der Waals surface area contributed by atoms with E-state index >= 15 is 0 Å². The molecule has 19 heavy (non-hydrogen) atoms. The zero-order chi connectivity index (χ0) is 13.9. The van der Waals surface area contributed by atoms with Crippen LogP contribution in [0.5, 0.6) is 0 Å². The van der Waals surface area contributed by atoms with Gasteiger partial charge in [0.15, 0.2) is 0 Å². The maximum Gasteiger partial charge on any atom is 0.0652 e. The molecule has 2 fully saturated rings. The van der Waals surface area contributed by atoms with E-state index in [0.717, 1.165) is 13.0 Å².